The summed E-state index contributed by atoms with van der Waals surface area (Å²) < 4.78 is 12.6. The van der Waals surface area contributed by atoms with E-state index in [1.165, 1.54) is 12.1 Å². The van der Waals surface area contributed by atoms with Crippen LogP contribution < -0.4 is 24.0 Å². The van der Waals surface area contributed by atoms with Crippen molar-refractivity contribution in [3.63, 3.8) is 0 Å². The maximum atomic E-state index is 12.6. The molecule has 1 heterocycles. The molecule has 1 aromatic heterocycles. The Hall–Kier alpha value is -1.15. The molecule has 0 fully saturated rings. The van der Waals surface area contributed by atoms with E-state index in [4.69, 9.17) is 0 Å². The van der Waals surface area contributed by atoms with Gasteiger partial charge in [0.25, 0.3) is 0 Å². The van der Waals surface area contributed by atoms with Crippen LogP contribution in [0, 0.1) is 5.82 Å². The van der Waals surface area contributed by atoms with Crippen molar-refractivity contribution in [2.75, 3.05) is 0 Å². The number of thiazole rings is 1. The minimum atomic E-state index is -1.30. The normalized spacial score (nSPS) is 9.56. The molecule has 2 aromatic rings. The molecule has 0 radical (unpaired) electrons. The minimum Gasteiger partial charge on any atom is -0.542 e. The molecule has 0 bridgehead atoms. The number of halogens is 1. The standard InChI is InChI=1S/C10H6FNO2S.Li/c11-7-3-1-6(2-4-7)8-5-15-9(12-8)10(13)14;/h1-5H,(H,13,14);/q;+1/p-1. The number of rotatable bonds is 2. The van der Waals surface area contributed by atoms with Gasteiger partial charge in [0.05, 0.1) is 5.69 Å². The van der Waals surface area contributed by atoms with E-state index in [9.17, 15) is 14.3 Å². The maximum absolute atomic E-state index is 12.6. The number of hydrogen-bond acceptors (Lipinski definition) is 4. The number of benzene rings is 1. The second kappa shape index (κ2) is 5.26. The fourth-order valence-corrected chi connectivity index (χ4v) is 1.78. The fraction of sp³-hybridized carbons (Fsp3) is 0. The molecule has 0 atom stereocenters. The third kappa shape index (κ3) is 2.70. The summed E-state index contributed by atoms with van der Waals surface area (Å²) in [5, 5.41) is 12.0. The maximum Gasteiger partial charge on any atom is 1.00 e. The molecule has 6 heteroatoms. The first-order chi connectivity index (χ1) is 7.16. The predicted octanol–water partition coefficient (Wildman–Crippen LogP) is -1.68. The first-order valence-corrected chi connectivity index (χ1v) is 4.97. The van der Waals surface area contributed by atoms with Crippen molar-refractivity contribution < 1.29 is 33.2 Å². The van der Waals surface area contributed by atoms with Crippen molar-refractivity contribution in [1.82, 2.24) is 4.98 Å². The van der Waals surface area contributed by atoms with Gasteiger partial charge in [0.1, 0.15) is 16.8 Å². The van der Waals surface area contributed by atoms with Gasteiger partial charge in [-0.2, -0.15) is 0 Å². The number of hydrogen-bond donors (Lipinski definition) is 0. The van der Waals surface area contributed by atoms with Gasteiger partial charge in [-0.1, -0.05) is 0 Å². The van der Waals surface area contributed by atoms with Crippen LogP contribution >= 0.6 is 11.3 Å². The number of carboxylic acids is 1. The quantitative estimate of drug-likeness (QED) is 0.578. The van der Waals surface area contributed by atoms with Crippen LogP contribution in [0.3, 0.4) is 0 Å². The van der Waals surface area contributed by atoms with E-state index in [-0.39, 0.29) is 29.7 Å². The average Bonchev–Trinajstić information content (AvgIpc) is 2.68. The number of carbonyl (C=O) groups excluding carboxylic acids is 1. The molecule has 0 aliphatic carbocycles. The van der Waals surface area contributed by atoms with Gasteiger partial charge in [0.15, 0.2) is 0 Å². The van der Waals surface area contributed by atoms with Crippen LogP contribution in [0.5, 0.6) is 0 Å². The summed E-state index contributed by atoms with van der Waals surface area (Å²) >= 11 is 0.990. The third-order valence-electron chi connectivity index (χ3n) is 1.82. The van der Waals surface area contributed by atoms with Gasteiger partial charge in [-0.05, 0) is 24.3 Å². The van der Waals surface area contributed by atoms with Gasteiger partial charge in [-0.3, -0.25) is 0 Å². The summed E-state index contributed by atoms with van der Waals surface area (Å²) in [6.45, 7) is 0. The van der Waals surface area contributed by atoms with Crippen molar-refractivity contribution in [3.05, 3.63) is 40.5 Å². The van der Waals surface area contributed by atoms with Gasteiger partial charge in [0, 0.05) is 10.9 Å². The van der Waals surface area contributed by atoms with E-state index in [0.717, 1.165) is 11.3 Å². The van der Waals surface area contributed by atoms with Gasteiger partial charge >= 0.3 is 18.9 Å². The van der Waals surface area contributed by atoms with Crippen LogP contribution in [-0.2, 0) is 0 Å². The SMILES string of the molecule is O=C([O-])c1nc(-c2ccc(F)cc2)cs1.[Li+]. The molecule has 0 N–H and O–H groups in total. The summed E-state index contributed by atoms with van der Waals surface area (Å²) in [6.07, 6.45) is 0. The molecule has 3 nitrogen and oxygen atoms in total. The Morgan fingerprint density at radius 1 is 1.31 bits per heavy atom. The third-order valence-corrected chi connectivity index (χ3v) is 2.64. The second-order valence-electron chi connectivity index (χ2n) is 2.83. The number of aromatic nitrogens is 1. The minimum absolute atomic E-state index is 0. The zero-order valence-electron chi connectivity index (χ0n) is 8.44. The zero-order chi connectivity index (χ0) is 10.8. The van der Waals surface area contributed by atoms with E-state index in [0.29, 0.717) is 11.3 Å². The monoisotopic (exact) mass is 229 g/mol. The number of nitrogens with zero attached hydrogens (tertiary/aromatic N) is 1. The molecule has 0 aliphatic rings. The van der Waals surface area contributed by atoms with Gasteiger partial charge in [0.2, 0.25) is 0 Å². The van der Waals surface area contributed by atoms with Crippen LogP contribution in [0.15, 0.2) is 29.6 Å². The topological polar surface area (TPSA) is 53.0 Å². The Kier molecular flexibility index (Phi) is 4.24. The first kappa shape index (κ1) is 12.9. The molecule has 16 heavy (non-hydrogen) atoms. The molecule has 0 aliphatic heterocycles. The van der Waals surface area contributed by atoms with Gasteiger partial charge < -0.3 is 9.90 Å². The fourth-order valence-electron chi connectivity index (χ4n) is 1.12. The van der Waals surface area contributed by atoms with Crippen LogP contribution in [0.25, 0.3) is 11.3 Å². The predicted molar refractivity (Wildman–Crippen MR) is 51.8 cm³/mol. The Labute approximate surface area is 107 Å². The molecule has 76 valence electrons. The molecule has 1 aromatic carbocycles. The molecular formula is C10H5FLiNO2S. The molecule has 0 saturated heterocycles. The van der Waals surface area contributed by atoms with E-state index in [1.54, 1.807) is 17.5 Å². The van der Waals surface area contributed by atoms with E-state index < -0.39 is 5.97 Å². The Bertz CT molecular complexity index is 498. The van der Waals surface area contributed by atoms with E-state index in [2.05, 4.69) is 4.98 Å². The van der Waals surface area contributed by atoms with Crippen molar-refractivity contribution >= 4 is 17.3 Å². The van der Waals surface area contributed by atoms with Crippen molar-refractivity contribution in [2.45, 2.75) is 0 Å². The number of carbonyl (C=O) groups is 1. The zero-order valence-corrected chi connectivity index (χ0v) is 9.25. The van der Waals surface area contributed by atoms with Crippen LogP contribution in [0.2, 0.25) is 0 Å². The van der Waals surface area contributed by atoms with Crippen molar-refractivity contribution in [2.24, 2.45) is 0 Å². The van der Waals surface area contributed by atoms with Crippen molar-refractivity contribution in [1.29, 1.82) is 0 Å². The smallest absolute Gasteiger partial charge is 0.542 e. The number of aromatic carboxylic acids is 1. The molecule has 2 rings (SSSR count). The largest absolute Gasteiger partial charge is 1.00 e. The first-order valence-electron chi connectivity index (χ1n) is 4.09. The number of carboxylic acid groups (broad SMARTS) is 1. The Balaban J connectivity index is 0.00000128. The Morgan fingerprint density at radius 2 is 1.94 bits per heavy atom. The second-order valence-corrected chi connectivity index (χ2v) is 3.69. The van der Waals surface area contributed by atoms with Crippen LogP contribution in [-0.4, -0.2) is 11.0 Å². The van der Waals surface area contributed by atoms with E-state index >= 15 is 0 Å². The Morgan fingerprint density at radius 3 is 2.44 bits per heavy atom. The van der Waals surface area contributed by atoms with Crippen molar-refractivity contribution in [3.8, 4) is 11.3 Å². The van der Waals surface area contributed by atoms with E-state index in [1.807, 2.05) is 0 Å². The summed E-state index contributed by atoms with van der Waals surface area (Å²) in [6, 6.07) is 5.69. The summed E-state index contributed by atoms with van der Waals surface area (Å²) in [7, 11) is 0. The molecule has 0 amide bonds. The molecule has 0 unspecified atom stereocenters. The summed E-state index contributed by atoms with van der Waals surface area (Å²) in [5.41, 5.74) is 1.19. The molecule has 0 spiro atoms. The van der Waals surface area contributed by atoms with Gasteiger partial charge in [-0.15, -0.1) is 11.3 Å². The summed E-state index contributed by atoms with van der Waals surface area (Å²) in [5.74, 6) is -1.64. The molecule has 0 saturated carbocycles. The molecular weight excluding hydrogens is 224 g/mol. The van der Waals surface area contributed by atoms with Gasteiger partial charge in [-0.25, -0.2) is 9.37 Å². The summed E-state index contributed by atoms with van der Waals surface area (Å²) in [4.78, 5) is 14.3. The van der Waals surface area contributed by atoms with Crippen LogP contribution in [0.4, 0.5) is 4.39 Å². The average molecular weight is 229 g/mol. The van der Waals surface area contributed by atoms with Crippen LogP contribution in [0.1, 0.15) is 9.80 Å².